The highest BCUT2D eigenvalue weighted by Crippen LogP contribution is 2.25. The quantitative estimate of drug-likeness (QED) is 0.225. The number of benzene rings is 1. The van der Waals surface area contributed by atoms with Gasteiger partial charge in [-0.15, -0.1) is 11.3 Å². The summed E-state index contributed by atoms with van der Waals surface area (Å²) in [5.41, 5.74) is 2.45. The summed E-state index contributed by atoms with van der Waals surface area (Å²) in [6, 6.07) is 15.2. The van der Waals surface area contributed by atoms with Gasteiger partial charge in [0.05, 0.1) is 15.6 Å². The van der Waals surface area contributed by atoms with Crippen LogP contribution in [0.25, 0.3) is 11.5 Å². The molecule has 3 aromatic rings. The summed E-state index contributed by atoms with van der Waals surface area (Å²) in [5, 5.41) is 16.6. The van der Waals surface area contributed by atoms with Crippen LogP contribution < -0.4 is 9.88 Å². The average Bonchev–Trinajstić information content (AvgIpc) is 3.20. The number of hydrogen-bond donors (Lipinski definition) is 2. The summed E-state index contributed by atoms with van der Waals surface area (Å²) in [7, 11) is 0. The highest BCUT2D eigenvalue weighted by Gasteiger charge is 2.24. The predicted molar refractivity (Wildman–Crippen MR) is 118 cm³/mol. The maximum atomic E-state index is 10.9. The van der Waals surface area contributed by atoms with E-state index in [9.17, 15) is 5.11 Å². The van der Waals surface area contributed by atoms with E-state index < -0.39 is 0 Å². The summed E-state index contributed by atoms with van der Waals surface area (Å²) in [4.78, 5) is 1.14. The number of halogens is 1. The van der Waals surface area contributed by atoms with E-state index >= 15 is 0 Å². The number of nitrogens with one attached hydrogen (secondary N) is 1. The van der Waals surface area contributed by atoms with E-state index in [4.69, 9.17) is 23.8 Å². The molecule has 0 spiro atoms. The second kappa shape index (κ2) is 9.13. The van der Waals surface area contributed by atoms with Crippen LogP contribution in [0.4, 0.5) is 5.69 Å². The molecule has 0 unspecified atom stereocenters. The number of thiophene rings is 1. The molecule has 6 heteroatoms. The number of aryl methyl sites for hydroxylation is 1. The fourth-order valence-corrected chi connectivity index (χ4v) is 3.85. The molecule has 0 amide bonds. The number of rotatable bonds is 6. The number of anilines is 1. The van der Waals surface area contributed by atoms with Crippen LogP contribution in [0.5, 0.6) is 0 Å². The van der Waals surface area contributed by atoms with Crippen LogP contribution in [0.1, 0.15) is 23.8 Å². The minimum absolute atomic E-state index is 0.128. The summed E-state index contributed by atoms with van der Waals surface area (Å²) in [6.07, 6.45) is 5.94. The van der Waals surface area contributed by atoms with Crippen molar-refractivity contribution in [3.05, 3.63) is 81.8 Å². The van der Waals surface area contributed by atoms with E-state index in [2.05, 4.69) is 12.2 Å². The Morgan fingerprint density at radius 2 is 1.89 bits per heavy atom. The zero-order valence-corrected chi connectivity index (χ0v) is 17.2. The van der Waals surface area contributed by atoms with E-state index in [1.807, 2.05) is 64.8 Å². The third-order valence-corrected chi connectivity index (χ3v) is 5.51. The number of nitrogens with zero attached hydrogens (tertiary/aromatic N) is 1. The molecule has 0 fully saturated rings. The summed E-state index contributed by atoms with van der Waals surface area (Å²) in [5.74, 6) is 0.128. The Bertz CT molecular complexity index is 951. The molecule has 2 aromatic heterocycles. The molecule has 3 rings (SSSR count). The van der Waals surface area contributed by atoms with Crippen molar-refractivity contribution < 1.29 is 9.67 Å². The Labute approximate surface area is 173 Å². The minimum atomic E-state index is 0.128. The van der Waals surface area contributed by atoms with Gasteiger partial charge in [0.25, 0.3) is 5.70 Å². The van der Waals surface area contributed by atoms with E-state index in [1.54, 1.807) is 6.07 Å². The lowest BCUT2D eigenvalue weighted by Gasteiger charge is -2.11. The first kappa shape index (κ1) is 19.5. The number of hydrogen-bond acceptors (Lipinski definition) is 3. The van der Waals surface area contributed by atoms with Gasteiger partial charge in [0, 0.05) is 12.1 Å². The van der Waals surface area contributed by atoms with Gasteiger partial charge in [-0.2, -0.15) is 4.57 Å². The third-order valence-electron chi connectivity index (χ3n) is 4.01. The number of para-hydroxylation sites is 1. The molecule has 0 radical (unpaired) electrons. The van der Waals surface area contributed by atoms with Crippen LogP contribution in [0.2, 0.25) is 5.02 Å². The maximum absolute atomic E-state index is 10.9. The number of aromatic nitrogens is 1. The number of aliphatic hydroxyl groups excluding tert-OH is 1. The monoisotopic (exact) mass is 415 g/mol. The van der Waals surface area contributed by atoms with Crippen molar-refractivity contribution in [1.29, 1.82) is 0 Å². The van der Waals surface area contributed by atoms with Crippen LogP contribution in [0, 0.1) is 0 Å². The SMILES string of the molecule is CCCc1cc[n+](C(C(=S)Nc2ccccc2Cl)=C(O)c2cccs2)cc1. The number of pyridine rings is 1. The largest absolute Gasteiger partial charge is 0.501 e. The second-order valence-electron chi connectivity index (χ2n) is 5.97. The molecule has 1 aromatic carbocycles. The molecule has 0 aliphatic heterocycles. The van der Waals surface area contributed by atoms with Gasteiger partial charge in [-0.1, -0.05) is 55.4 Å². The highest BCUT2D eigenvalue weighted by atomic mass is 35.5. The molecule has 0 atom stereocenters. The molecule has 0 aliphatic carbocycles. The van der Waals surface area contributed by atoms with Crippen LogP contribution >= 0.6 is 35.2 Å². The van der Waals surface area contributed by atoms with Gasteiger partial charge >= 0.3 is 0 Å². The maximum Gasteiger partial charge on any atom is 0.289 e. The molecule has 2 heterocycles. The fraction of sp³-hybridized carbons (Fsp3) is 0.143. The Balaban J connectivity index is 2.01. The standard InChI is InChI=1S/C21H19ClN2OS2/c1-2-6-15-10-12-24(13-11-15)19(20(25)18-9-5-14-27-18)21(26)23-17-8-4-3-7-16(17)22/h3-5,7-14H,2,6H2,1H3,(H-,23,25,26)/p+1. The number of thiocarbonyl (C=S) groups is 1. The van der Waals surface area contributed by atoms with Crippen molar-refractivity contribution in [2.75, 3.05) is 5.32 Å². The zero-order valence-electron chi connectivity index (χ0n) is 14.9. The molecular formula is C21H20ClN2OS2+. The lowest BCUT2D eigenvalue weighted by molar-refractivity contribution is -0.575. The summed E-state index contributed by atoms with van der Waals surface area (Å²) >= 11 is 13.3. The molecule has 0 saturated carbocycles. The second-order valence-corrected chi connectivity index (χ2v) is 7.74. The average molecular weight is 416 g/mol. The van der Waals surface area contributed by atoms with Crippen LogP contribution in [-0.2, 0) is 6.42 Å². The number of aliphatic hydroxyl groups is 1. The highest BCUT2D eigenvalue weighted by molar-refractivity contribution is 7.81. The zero-order chi connectivity index (χ0) is 19.2. The van der Waals surface area contributed by atoms with Gasteiger partial charge in [-0.25, -0.2) is 0 Å². The Morgan fingerprint density at radius 1 is 1.15 bits per heavy atom. The molecule has 138 valence electrons. The fourth-order valence-electron chi connectivity index (χ4n) is 2.68. The minimum Gasteiger partial charge on any atom is -0.501 e. The molecule has 0 aliphatic rings. The Kier molecular flexibility index (Phi) is 6.61. The summed E-state index contributed by atoms with van der Waals surface area (Å²) < 4.78 is 1.83. The van der Waals surface area contributed by atoms with E-state index in [-0.39, 0.29) is 5.76 Å². The van der Waals surface area contributed by atoms with Crippen LogP contribution in [0.3, 0.4) is 0 Å². The van der Waals surface area contributed by atoms with Crippen molar-refractivity contribution >= 4 is 57.3 Å². The Morgan fingerprint density at radius 3 is 2.52 bits per heavy atom. The molecule has 3 nitrogen and oxygen atoms in total. The lowest BCUT2D eigenvalue weighted by Crippen LogP contribution is -2.38. The van der Waals surface area contributed by atoms with Gasteiger partial charge in [-0.05, 0) is 35.6 Å². The van der Waals surface area contributed by atoms with Crippen LogP contribution in [-0.4, -0.2) is 10.1 Å². The van der Waals surface area contributed by atoms with Crippen molar-refractivity contribution in [3.63, 3.8) is 0 Å². The molecule has 0 saturated heterocycles. The topological polar surface area (TPSA) is 36.1 Å². The van der Waals surface area contributed by atoms with E-state index in [0.717, 1.165) is 17.7 Å². The smallest absolute Gasteiger partial charge is 0.289 e. The predicted octanol–water partition coefficient (Wildman–Crippen LogP) is 5.96. The molecule has 27 heavy (non-hydrogen) atoms. The van der Waals surface area contributed by atoms with Crippen LogP contribution in [0.15, 0.2) is 66.3 Å². The van der Waals surface area contributed by atoms with Crippen molar-refractivity contribution in [2.24, 2.45) is 0 Å². The van der Waals surface area contributed by atoms with Gasteiger partial charge < -0.3 is 10.4 Å². The first-order valence-electron chi connectivity index (χ1n) is 8.63. The lowest BCUT2D eigenvalue weighted by atomic mass is 10.1. The van der Waals surface area contributed by atoms with Gasteiger partial charge in [-0.3, -0.25) is 0 Å². The van der Waals surface area contributed by atoms with Crippen molar-refractivity contribution in [2.45, 2.75) is 19.8 Å². The van der Waals surface area contributed by atoms with E-state index in [1.165, 1.54) is 16.9 Å². The Hall–Kier alpha value is -2.21. The first-order chi connectivity index (χ1) is 13.1. The van der Waals surface area contributed by atoms with Gasteiger partial charge in [0.15, 0.2) is 17.4 Å². The van der Waals surface area contributed by atoms with Gasteiger partial charge in [0.2, 0.25) is 5.76 Å². The first-order valence-corrected chi connectivity index (χ1v) is 10.3. The summed E-state index contributed by atoms with van der Waals surface area (Å²) in [6.45, 7) is 2.15. The van der Waals surface area contributed by atoms with Gasteiger partial charge in [0.1, 0.15) is 0 Å². The normalized spacial score (nSPS) is 11.8. The molecule has 2 N–H and O–H groups in total. The van der Waals surface area contributed by atoms with Crippen molar-refractivity contribution in [3.8, 4) is 0 Å². The van der Waals surface area contributed by atoms with E-state index in [0.29, 0.717) is 21.4 Å². The molecular weight excluding hydrogens is 396 g/mol. The molecule has 0 bridgehead atoms. The third kappa shape index (κ3) is 4.75. The van der Waals surface area contributed by atoms with Crippen molar-refractivity contribution in [1.82, 2.24) is 0 Å².